The third-order valence-electron chi connectivity index (χ3n) is 9.47. The van der Waals surface area contributed by atoms with Gasteiger partial charge in [-0.05, 0) is 48.9 Å². The molecule has 51 heavy (non-hydrogen) atoms. The van der Waals surface area contributed by atoms with E-state index in [1.165, 1.54) is 0 Å². The maximum atomic E-state index is 11.8. The van der Waals surface area contributed by atoms with Gasteiger partial charge in [-0.1, -0.05) is 18.2 Å². The van der Waals surface area contributed by atoms with E-state index in [0.717, 1.165) is 60.7 Å². The van der Waals surface area contributed by atoms with E-state index in [0.29, 0.717) is 0 Å². The first kappa shape index (κ1) is 33.9. The number of phenols is 15. The van der Waals surface area contributed by atoms with Crippen LogP contribution in [0.3, 0.4) is 0 Å². The molecule has 1 aliphatic heterocycles. The summed E-state index contributed by atoms with van der Waals surface area (Å²) in [5, 5.41) is 164. The average molecular weight is 707 g/mol. The van der Waals surface area contributed by atoms with Gasteiger partial charge in [0, 0.05) is 40.3 Å². The Hall–Kier alpha value is -6.94. The second-order valence-corrected chi connectivity index (χ2v) is 11.9. The molecule has 1 aliphatic rings. The lowest BCUT2D eigenvalue weighted by Gasteiger charge is -2.58. The van der Waals surface area contributed by atoms with Crippen molar-refractivity contribution in [2.75, 3.05) is 6.61 Å². The molecule has 0 bridgehead atoms. The van der Waals surface area contributed by atoms with Crippen molar-refractivity contribution in [3.05, 3.63) is 88.5 Å². The van der Waals surface area contributed by atoms with Crippen molar-refractivity contribution >= 4 is 0 Å². The monoisotopic (exact) mass is 706 g/mol. The molecule has 5 aromatic rings. The van der Waals surface area contributed by atoms with Gasteiger partial charge in [-0.25, -0.2) is 0 Å². The summed E-state index contributed by atoms with van der Waals surface area (Å²) in [6.45, 7) is -0.495. The van der Waals surface area contributed by atoms with Gasteiger partial charge in [0.15, 0.2) is 57.5 Å². The third kappa shape index (κ3) is 4.43. The van der Waals surface area contributed by atoms with Crippen LogP contribution in [0.2, 0.25) is 0 Å². The Morgan fingerprint density at radius 3 is 1.08 bits per heavy atom. The van der Waals surface area contributed by atoms with Gasteiger partial charge in [0.05, 0.1) is 5.41 Å². The number of benzene rings is 5. The second kappa shape index (κ2) is 11.6. The molecule has 16 nitrogen and oxygen atoms in total. The predicted octanol–water partition coefficient (Wildman–Crippen LogP) is 3.70. The molecule has 1 heterocycles. The van der Waals surface area contributed by atoms with Gasteiger partial charge in [-0.3, -0.25) is 0 Å². The second-order valence-electron chi connectivity index (χ2n) is 11.9. The lowest BCUT2D eigenvalue weighted by Crippen LogP contribution is -2.59. The van der Waals surface area contributed by atoms with E-state index >= 15 is 0 Å². The largest absolute Gasteiger partial charge is 0.504 e. The number of hydrogen-bond acceptors (Lipinski definition) is 16. The van der Waals surface area contributed by atoms with E-state index in [1.807, 2.05) is 0 Å². The Labute approximate surface area is 286 Å². The number of aromatic hydroxyl groups is 15. The molecule has 0 spiro atoms. The Morgan fingerprint density at radius 2 is 0.686 bits per heavy atom. The Bertz CT molecular complexity index is 2110. The maximum Gasteiger partial charge on any atom is 0.200 e. The van der Waals surface area contributed by atoms with Gasteiger partial charge in [-0.15, -0.1) is 0 Å². The molecule has 6 rings (SSSR count). The Kier molecular flexibility index (Phi) is 7.72. The van der Waals surface area contributed by atoms with Crippen LogP contribution in [0, 0.1) is 0 Å². The first-order valence-corrected chi connectivity index (χ1v) is 14.9. The molecule has 5 aromatic carbocycles. The normalized spacial score (nSPS) is 16.5. The van der Waals surface area contributed by atoms with Crippen LogP contribution in [0.15, 0.2) is 60.7 Å². The molecular formula is C35H30O16. The van der Waals surface area contributed by atoms with Gasteiger partial charge in [0.1, 0.15) is 5.60 Å². The summed E-state index contributed by atoms with van der Waals surface area (Å²) in [5.74, 6) is -17.4. The summed E-state index contributed by atoms with van der Waals surface area (Å²) in [6.07, 6.45) is -0.336. The lowest BCUT2D eigenvalue weighted by molar-refractivity contribution is -0.114. The van der Waals surface area contributed by atoms with Crippen molar-refractivity contribution in [3.63, 3.8) is 0 Å². The summed E-state index contributed by atoms with van der Waals surface area (Å²) >= 11 is 0. The molecule has 1 fully saturated rings. The molecule has 1 atom stereocenters. The van der Waals surface area contributed by atoms with E-state index in [-0.39, 0.29) is 12.0 Å². The van der Waals surface area contributed by atoms with Crippen LogP contribution in [0.25, 0.3) is 0 Å². The zero-order chi connectivity index (χ0) is 37.3. The van der Waals surface area contributed by atoms with Gasteiger partial charge >= 0.3 is 0 Å². The highest BCUT2D eigenvalue weighted by atomic mass is 16.5. The van der Waals surface area contributed by atoms with Crippen LogP contribution in [-0.2, 0) is 15.8 Å². The maximum absolute atomic E-state index is 11.8. The summed E-state index contributed by atoms with van der Waals surface area (Å²) in [6, 6.07) is 9.44. The average Bonchev–Trinajstić information content (AvgIpc) is 3.10. The van der Waals surface area contributed by atoms with Crippen molar-refractivity contribution in [2.45, 2.75) is 23.4 Å². The van der Waals surface area contributed by atoms with Crippen molar-refractivity contribution < 1.29 is 81.3 Å². The number of phenolic OH excluding ortho intramolecular Hbond substituents is 15. The molecule has 0 saturated carbocycles. The van der Waals surface area contributed by atoms with Crippen LogP contribution in [0.1, 0.15) is 40.2 Å². The first-order valence-electron chi connectivity index (χ1n) is 14.9. The van der Waals surface area contributed by atoms with E-state index in [9.17, 15) is 76.6 Å². The summed E-state index contributed by atoms with van der Waals surface area (Å²) in [5.41, 5.74) is -8.39. The molecular weight excluding hydrogens is 676 g/mol. The van der Waals surface area contributed by atoms with Gasteiger partial charge in [0.2, 0.25) is 28.7 Å². The molecule has 1 saturated heterocycles. The summed E-state index contributed by atoms with van der Waals surface area (Å²) in [7, 11) is 0. The molecule has 0 aliphatic carbocycles. The van der Waals surface area contributed by atoms with Crippen LogP contribution in [-0.4, -0.2) is 83.2 Å². The van der Waals surface area contributed by atoms with Crippen LogP contribution >= 0.6 is 0 Å². The fourth-order valence-corrected chi connectivity index (χ4v) is 7.27. The highest BCUT2D eigenvalue weighted by molar-refractivity contribution is 5.74. The van der Waals surface area contributed by atoms with E-state index in [4.69, 9.17) is 4.74 Å². The number of ether oxygens (including phenoxy) is 1. The van der Waals surface area contributed by atoms with Crippen LogP contribution < -0.4 is 0 Å². The molecule has 0 amide bonds. The predicted molar refractivity (Wildman–Crippen MR) is 172 cm³/mol. The van der Waals surface area contributed by atoms with Crippen molar-refractivity contribution in [2.24, 2.45) is 0 Å². The summed E-state index contributed by atoms with van der Waals surface area (Å²) < 4.78 is 6.50. The zero-order valence-electron chi connectivity index (χ0n) is 25.9. The molecule has 266 valence electrons. The summed E-state index contributed by atoms with van der Waals surface area (Å²) in [4.78, 5) is 0. The minimum absolute atomic E-state index is 0.318. The fourth-order valence-electron chi connectivity index (χ4n) is 7.27. The first-order chi connectivity index (χ1) is 24.0. The lowest BCUT2D eigenvalue weighted by atomic mass is 9.49. The zero-order valence-corrected chi connectivity index (χ0v) is 25.9. The van der Waals surface area contributed by atoms with Crippen molar-refractivity contribution in [3.8, 4) is 86.2 Å². The molecule has 15 N–H and O–H groups in total. The van der Waals surface area contributed by atoms with Crippen LogP contribution in [0.5, 0.6) is 86.2 Å². The van der Waals surface area contributed by atoms with Gasteiger partial charge in [0.25, 0.3) is 0 Å². The van der Waals surface area contributed by atoms with Gasteiger partial charge in [-0.2, -0.15) is 0 Å². The van der Waals surface area contributed by atoms with E-state index in [1.54, 1.807) is 0 Å². The fraction of sp³-hybridized carbons (Fsp3) is 0.143. The van der Waals surface area contributed by atoms with Crippen LogP contribution in [0.4, 0.5) is 0 Å². The topological polar surface area (TPSA) is 313 Å². The van der Waals surface area contributed by atoms with Gasteiger partial charge < -0.3 is 81.3 Å². The third-order valence-corrected chi connectivity index (χ3v) is 9.47. The van der Waals surface area contributed by atoms with Crippen molar-refractivity contribution in [1.29, 1.82) is 0 Å². The molecule has 16 heteroatoms. The molecule has 0 aromatic heterocycles. The molecule has 0 radical (unpaired) electrons. The highest BCUT2D eigenvalue weighted by Gasteiger charge is 2.67. The smallest absolute Gasteiger partial charge is 0.200 e. The Balaban J connectivity index is 2.02. The molecule has 1 unspecified atom stereocenters. The Morgan fingerprint density at radius 1 is 0.373 bits per heavy atom. The minimum atomic E-state index is -2.86. The standard InChI is InChI=1S/C35H30O16/c36-19-6-1-13(24(41)29(19)46)14-11-12-51-35(17-4-9-22(39)32(49)27(17)44,18-5-10-23(40)33(50)28(18)45)34(14,15-2-7-20(37)30(47)25(15)42)16-3-8-21(38)31(48)26(16)43/h1-10,14,36-50H,11-12H2. The van der Waals surface area contributed by atoms with Crippen molar-refractivity contribution in [1.82, 2.24) is 0 Å². The number of rotatable bonds is 5. The quantitative estimate of drug-likeness (QED) is 0.116. The SMILES string of the molecule is Oc1ccc(C2CCOC(c3ccc(O)c(O)c3O)(c3ccc(O)c(O)c3O)C2(c2ccc(O)c(O)c2O)c2ccc(O)c(O)c2O)c(O)c1O. The minimum Gasteiger partial charge on any atom is -0.504 e. The number of hydrogen-bond donors (Lipinski definition) is 15. The van der Waals surface area contributed by atoms with E-state index < -0.39 is 132 Å². The highest BCUT2D eigenvalue weighted by Crippen LogP contribution is 2.71. The van der Waals surface area contributed by atoms with E-state index in [2.05, 4.69) is 0 Å².